The highest BCUT2D eigenvalue weighted by Crippen LogP contribution is 2.20. The van der Waals surface area contributed by atoms with Crippen molar-refractivity contribution in [2.75, 3.05) is 5.75 Å². The van der Waals surface area contributed by atoms with E-state index < -0.39 is 47.9 Å². The number of nitrogens with one attached hydrogen (secondary N) is 5. The molecule has 0 fully saturated rings. The number of para-hydroxylation sites is 1. The van der Waals surface area contributed by atoms with Gasteiger partial charge in [-0.1, -0.05) is 30.3 Å². The minimum Gasteiger partial charge on any atom is -0.508 e. The molecule has 0 saturated carbocycles. The first-order valence-electron chi connectivity index (χ1n) is 13.4. The van der Waals surface area contributed by atoms with Gasteiger partial charge in [-0.2, -0.15) is 12.6 Å². The van der Waals surface area contributed by atoms with Crippen molar-refractivity contribution in [2.24, 2.45) is 5.73 Å². The molecule has 43 heavy (non-hydrogen) atoms. The van der Waals surface area contributed by atoms with Crippen molar-refractivity contribution in [3.8, 4) is 5.75 Å². The van der Waals surface area contributed by atoms with Gasteiger partial charge in [0.15, 0.2) is 0 Å². The number of carbonyl (C=O) groups excluding carboxylic acids is 3. The minimum atomic E-state index is -1.29. The van der Waals surface area contributed by atoms with Crippen LogP contribution in [-0.2, 0) is 38.4 Å². The normalized spacial score (nSPS) is 13.9. The van der Waals surface area contributed by atoms with Gasteiger partial charge < -0.3 is 41.9 Å². The molecule has 0 aliphatic rings. The summed E-state index contributed by atoms with van der Waals surface area (Å²) < 4.78 is 0. The second kappa shape index (κ2) is 14.4. The first-order chi connectivity index (χ1) is 20.6. The van der Waals surface area contributed by atoms with Gasteiger partial charge in [0.1, 0.15) is 23.9 Å². The molecule has 3 amide bonds. The average Bonchev–Trinajstić information content (AvgIpc) is 3.66. The largest absolute Gasteiger partial charge is 0.508 e. The zero-order valence-corrected chi connectivity index (χ0v) is 23.9. The van der Waals surface area contributed by atoms with E-state index in [0.717, 1.165) is 16.5 Å². The van der Waals surface area contributed by atoms with Gasteiger partial charge >= 0.3 is 5.97 Å². The van der Waals surface area contributed by atoms with Gasteiger partial charge in [-0.15, -0.1) is 0 Å². The monoisotopic (exact) mass is 607 g/mol. The Morgan fingerprint density at radius 1 is 0.860 bits per heavy atom. The van der Waals surface area contributed by atoms with Crippen LogP contribution in [0, 0.1) is 0 Å². The number of aromatic hydroxyl groups is 1. The number of phenolic OH excluding ortho intramolecular Hbond substituents is 1. The van der Waals surface area contributed by atoms with Gasteiger partial charge in [-0.05, 0) is 29.3 Å². The molecular weight excluding hydrogens is 574 g/mol. The van der Waals surface area contributed by atoms with E-state index in [4.69, 9.17) is 5.73 Å². The number of amides is 3. The number of hydrogen-bond donors (Lipinski definition) is 9. The Kier molecular flexibility index (Phi) is 10.4. The summed E-state index contributed by atoms with van der Waals surface area (Å²) in [4.78, 5) is 61.7. The molecule has 2 heterocycles. The molecule has 13 nitrogen and oxygen atoms in total. The average molecular weight is 608 g/mol. The number of hydrogen-bond acceptors (Lipinski definition) is 8. The van der Waals surface area contributed by atoms with Gasteiger partial charge in [0.2, 0.25) is 17.7 Å². The molecule has 4 aromatic rings. The molecule has 14 heteroatoms. The van der Waals surface area contributed by atoms with Crippen molar-refractivity contribution in [1.29, 1.82) is 0 Å². The smallest absolute Gasteiger partial charge is 0.327 e. The highest BCUT2D eigenvalue weighted by molar-refractivity contribution is 7.80. The highest BCUT2D eigenvalue weighted by atomic mass is 32.1. The molecule has 2 aromatic heterocycles. The van der Waals surface area contributed by atoms with E-state index in [1.54, 1.807) is 18.3 Å². The number of phenols is 1. The van der Waals surface area contributed by atoms with E-state index in [9.17, 15) is 29.4 Å². The third-order valence-corrected chi connectivity index (χ3v) is 7.23. The Morgan fingerprint density at radius 2 is 1.51 bits per heavy atom. The molecule has 0 aliphatic heterocycles. The summed E-state index contributed by atoms with van der Waals surface area (Å²) in [5, 5.41) is 27.8. The van der Waals surface area contributed by atoms with Crippen molar-refractivity contribution < 1.29 is 29.4 Å². The fourth-order valence-corrected chi connectivity index (χ4v) is 4.79. The maximum atomic E-state index is 13.7. The van der Waals surface area contributed by atoms with E-state index in [2.05, 4.69) is 43.5 Å². The molecule has 4 rings (SSSR count). The lowest BCUT2D eigenvalue weighted by atomic mass is 10.0. The summed E-state index contributed by atoms with van der Waals surface area (Å²) in [6.45, 7) is 0. The Morgan fingerprint density at radius 3 is 2.16 bits per heavy atom. The van der Waals surface area contributed by atoms with Crippen LogP contribution in [0.1, 0.15) is 16.8 Å². The van der Waals surface area contributed by atoms with Gasteiger partial charge in [-0.3, -0.25) is 14.4 Å². The summed E-state index contributed by atoms with van der Waals surface area (Å²) in [7, 11) is 0. The van der Waals surface area contributed by atoms with Crippen molar-refractivity contribution in [3.05, 3.63) is 84.1 Å². The molecule has 9 N–H and O–H groups in total. The second-order valence-corrected chi connectivity index (χ2v) is 10.4. The third kappa shape index (κ3) is 8.36. The summed E-state index contributed by atoms with van der Waals surface area (Å²) in [5.74, 6) is -3.43. The van der Waals surface area contributed by atoms with Crippen molar-refractivity contribution in [3.63, 3.8) is 0 Å². The molecule has 2 aromatic carbocycles. The fourth-order valence-electron chi connectivity index (χ4n) is 4.54. The van der Waals surface area contributed by atoms with E-state index in [1.165, 1.54) is 24.7 Å². The Hall–Kier alpha value is -4.82. The van der Waals surface area contributed by atoms with Crippen LogP contribution in [-0.4, -0.2) is 78.8 Å². The number of aromatic amines is 2. The summed E-state index contributed by atoms with van der Waals surface area (Å²) in [5.41, 5.74) is 8.91. The minimum absolute atomic E-state index is 0.0183. The molecule has 0 radical (unpaired) electrons. The van der Waals surface area contributed by atoms with Crippen molar-refractivity contribution >= 4 is 47.2 Å². The van der Waals surface area contributed by atoms with Crippen LogP contribution >= 0.6 is 12.6 Å². The van der Waals surface area contributed by atoms with Gasteiger partial charge in [0.25, 0.3) is 0 Å². The second-order valence-electron chi connectivity index (χ2n) is 10.0. The van der Waals surface area contributed by atoms with Crippen LogP contribution in [0.5, 0.6) is 5.75 Å². The number of carbonyl (C=O) groups is 4. The van der Waals surface area contributed by atoms with E-state index in [-0.39, 0.29) is 30.8 Å². The van der Waals surface area contributed by atoms with Gasteiger partial charge in [0, 0.05) is 54.0 Å². The molecule has 0 aliphatic carbocycles. The number of H-pyrrole nitrogens is 2. The number of carboxylic acids is 1. The Bertz CT molecular complexity index is 1560. The quantitative estimate of drug-likeness (QED) is 0.0914. The molecule has 0 saturated heterocycles. The van der Waals surface area contributed by atoms with E-state index >= 15 is 0 Å². The fraction of sp³-hybridized carbons (Fsp3) is 0.276. The maximum Gasteiger partial charge on any atom is 0.327 e. The molecule has 4 unspecified atom stereocenters. The van der Waals surface area contributed by atoms with Crippen LogP contribution in [0.25, 0.3) is 10.9 Å². The van der Waals surface area contributed by atoms with Crippen LogP contribution < -0.4 is 21.7 Å². The Labute approximate surface area is 252 Å². The number of imidazole rings is 1. The van der Waals surface area contributed by atoms with Gasteiger partial charge in [-0.25, -0.2) is 9.78 Å². The number of aliphatic carboxylic acids is 1. The topological polar surface area (TPSA) is 215 Å². The molecule has 4 atom stereocenters. The van der Waals surface area contributed by atoms with Crippen LogP contribution in [0.2, 0.25) is 0 Å². The number of benzene rings is 2. The maximum absolute atomic E-state index is 13.7. The summed E-state index contributed by atoms with van der Waals surface area (Å²) in [6.07, 6.45) is 4.91. The zero-order chi connectivity index (χ0) is 30.9. The number of thiol groups is 1. The van der Waals surface area contributed by atoms with Crippen molar-refractivity contribution in [1.82, 2.24) is 30.9 Å². The van der Waals surface area contributed by atoms with Crippen LogP contribution in [0.15, 0.2) is 67.3 Å². The lowest BCUT2D eigenvalue weighted by Crippen LogP contribution is -2.58. The lowest BCUT2D eigenvalue weighted by Gasteiger charge is -2.25. The molecule has 226 valence electrons. The SMILES string of the molecule is NC(Cc1cnc[nH]1)C(=O)NC(Cc1ccc(O)cc1)C(=O)NC(Cc1c[nH]c2ccccc12)C(=O)NC(CS)C(=O)O. The number of carboxylic acid groups (broad SMARTS) is 1. The summed E-state index contributed by atoms with van der Waals surface area (Å²) in [6, 6.07) is 8.87. The van der Waals surface area contributed by atoms with Crippen LogP contribution in [0.4, 0.5) is 0 Å². The first kappa shape index (κ1) is 31.1. The van der Waals surface area contributed by atoms with Gasteiger partial charge in [0.05, 0.1) is 12.4 Å². The lowest BCUT2D eigenvalue weighted by molar-refractivity contribution is -0.141. The molecule has 0 spiro atoms. The van der Waals surface area contributed by atoms with Crippen LogP contribution in [0.3, 0.4) is 0 Å². The predicted molar refractivity (Wildman–Crippen MR) is 161 cm³/mol. The van der Waals surface area contributed by atoms with Crippen molar-refractivity contribution in [2.45, 2.75) is 43.4 Å². The predicted octanol–water partition coefficient (Wildman–Crippen LogP) is 0.421. The number of aromatic nitrogens is 3. The number of rotatable bonds is 14. The van der Waals surface area contributed by atoms with E-state index in [0.29, 0.717) is 11.3 Å². The number of nitrogens with two attached hydrogens (primary N) is 1. The van der Waals surface area contributed by atoms with E-state index in [1.807, 2.05) is 24.3 Å². The number of fused-ring (bicyclic) bond motifs is 1. The standard InChI is InChI=1S/C29H33N7O6S/c30-21(11-18-13-31-15-33-18)26(38)34-23(9-16-5-7-19(37)8-6-16)27(39)35-24(28(40)36-25(14-43)29(41)42)10-17-12-32-22-4-2-1-3-20(17)22/h1-8,12-13,15,21,23-25,32,37,43H,9-11,14,30H2,(H,31,33)(H,34,38)(H,35,39)(H,36,40)(H,41,42). The molecule has 0 bridgehead atoms. The third-order valence-electron chi connectivity index (χ3n) is 6.87. The first-order valence-corrected chi connectivity index (χ1v) is 14.1. The number of nitrogens with zero attached hydrogens (tertiary/aromatic N) is 1. The highest BCUT2D eigenvalue weighted by Gasteiger charge is 2.31. The molecular formula is C29H33N7O6S. The Balaban J connectivity index is 1.58. The summed E-state index contributed by atoms with van der Waals surface area (Å²) >= 11 is 4.02. The zero-order valence-electron chi connectivity index (χ0n) is 23.0.